The van der Waals surface area contributed by atoms with Gasteiger partial charge in [0.05, 0.1) is 24.9 Å². The molecule has 4 rings (SSSR count). The van der Waals surface area contributed by atoms with E-state index < -0.39 is 0 Å². The molecule has 2 atom stereocenters. The van der Waals surface area contributed by atoms with E-state index in [0.717, 1.165) is 43.9 Å². The highest BCUT2D eigenvalue weighted by molar-refractivity contribution is 5.31. The Labute approximate surface area is 141 Å². The van der Waals surface area contributed by atoms with Crippen LogP contribution in [0.3, 0.4) is 0 Å². The summed E-state index contributed by atoms with van der Waals surface area (Å²) in [5, 5.41) is 0. The van der Waals surface area contributed by atoms with Gasteiger partial charge < -0.3 is 14.4 Å². The minimum absolute atomic E-state index is 0.128. The number of hydrogen-bond acceptors (Lipinski definition) is 6. The van der Waals surface area contributed by atoms with Crippen molar-refractivity contribution in [3.63, 3.8) is 0 Å². The summed E-state index contributed by atoms with van der Waals surface area (Å²) in [6, 6.07) is 5.81. The molecule has 0 aromatic carbocycles. The van der Waals surface area contributed by atoms with Gasteiger partial charge in [0, 0.05) is 44.3 Å². The quantitative estimate of drug-likeness (QED) is 0.858. The van der Waals surface area contributed by atoms with E-state index in [1.807, 2.05) is 24.4 Å². The first-order chi connectivity index (χ1) is 11.8. The molecular weight excluding hydrogens is 304 g/mol. The molecule has 6 nitrogen and oxygen atoms in total. The van der Waals surface area contributed by atoms with Gasteiger partial charge in [-0.3, -0.25) is 4.98 Å². The van der Waals surface area contributed by atoms with Gasteiger partial charge in [0.2, 0.25) is 5.95 Å². The highest BCUT2D eigenvalue weighted by atomic mass is 16.6. The molecule has 126 valence electrons. The van der Waals surface area contributed by atoms with Crippen molar-refractivity contribution in [1.29, 1.82) is 0 Å². The standard InChI is InChI=1S/C18H22N4O2/c1-4-15(11-19-6-1)12-23-16-10-18(24-13-16)5-2-9-22(14-18)17-20-7-3-8-21-17/h1,3-4,6-8,11,16H,2,5,9-10,12-14H2/t16-,18-/m0/s1. The lowest BCUT2D eigenvalue weighted by Gasteiger charge is -2.39. The zero-order valence-corrected chi connectivity index (χ0v) is 13.7. The van der Waals surface area contributed by atoms with Crippen molar-refractivity contribution in [2.24, 2.45) is 0 Å². The zero-order chi connectivity index (χ0) is 16.2. The van der Waals surface area contributed by atoms with Crippen LogP contribution in [0.4, 0.5) is 5.95 Å². The van der Waals surface area contributed by atoms with Crippen LogP contribution in [0.15, 0.2) is 43.0 Å². The number of anilines is 1. The summed E-state index contributed by atoms with van der Waals surface area (Å²) in [4.78, 5) is 15.1. The number of piperidine rings is 1. The third-order valence-electron chi connectivity index (χ3n) is 4.76. The monoisotopic (exact) mass is 326 g/mol. The Bertz CT molecular complexity index is 655. The zero-order valence-electron chi connectivity index (χ0n) is 13.7. The van der Waals surface area contributed by atoms with Crippen molar-refractivity contribution in [2.75, 3.05) is 24.6 Å². The molecule has 2 aromatic heterocycles. The highest BCUT2D eigenvalue weighted by Crippen LogP contribution is 2.36. The van der Waals surface area contributed by atoms with Gasteiger partial charge in [0.25, 0.3) is 0 Å². The maximum atomic E-state index is 6.20. The summed E-state index contributed by atoms with van der Waals surface area (Å²) in [5.41, 5.74) is 0.971. The maximum absolute atomic E-state index is 6.20. The van der Waals surface area contributed by atoms with Crippen molar-refractivity contribution >= 4 is 5.95 Å². The molecule has 6 heteroatoms. The van der Waals surface area contributed by atoms with E-state index in [4.69, 9.17) is 9.47 Å². The van der Waals surface area contributed by atoms with Crippen molar-refractivity contribution in [3.05, 3.63) is 48.5 Å². The Morgan fingerprint density at radius 3 is 3.00 bits per heavy atom. The Morgan fingerprint density at radius 2 is 2.17 bits per heavy atom. The first kappa shape index (κ1) is 15.5. The Morgan fingerprint density at radius 1 is 1.25 bits per heavy atom. The number of ether oxygens (including phenoxy) is 2. The predicted molar refractivity (Wildman–Crippen MR) is 89.6 cm³/mol. The summed E-state index contributed by atoms with van der Waals surface area (Å²) < 4.78 is 12.2. The Kier molecular flexibility index (Phi) is 4.40. The SMILES string of the molecule is c1cnc(N2CCC[C@]3(C[C@H](OCc4cccnc4)CO3)C2)nc1. The average molecular weight is 326 g/mol. The molecule has 2 aliphatic rings. The fourth-order valence-electron chi connectivity index (χ4n) is 3.61. The van der Waals surface area contributed by atoms with Crippen molar-refractivity contribution < 1.29 is 9.47 Å². The summed E-state index contributed by atoms with van der Waals surface area (Å²) in [6.45, 7) is 3.06. The Balaban J connectivity index is 1.36. The fourth-order valence-corrected chi connectivity index (χ4v) is 3.61. The van der Waals surface area contributed by atoms with Gasteiger partial charge >= 0.3 is 0 Å². The molecule has 0 N–H and O–H groups in total. The van der Waals surface area contributed by atoms with E-state index >= 15 is 0 Å². The highest BCUT2D eigenvalue weighted by Gasteiger charge is 2.44. The van der Waals surface area contributed by atoms with Gasteiger partial charge in [-0.15, -0.1) is 0 Å². The number of hydrogen-bond donors (Lipinski definition) is 0. The second-order valence-corrected chi connectivity index (χ2v) is 6.57. The van der Waals surface area contributed by atoms with Gasteiger partial charge in [-0.2, -0.15) is 0 Å². The first-order valence-electron chi connectivity index (χ1n) is 8.49. The number of rotatable bonds is 4. The predicted octanol–water partition coefficient (Wildman–Crippen LogP) is 2.22. The van der Waals surface area contributed by atoms with Crippen LogP contribution in [0.2, 0.25) is 0 Å². The van der Waals surface area contributed by atoms with Gasteiger partial charge in [-0.05, 0) is 30.5 Å². The van der Waals surface area contributed by atoms with Crippen LogP contribution < -0.4 is 4.90 Å². The lowest BCUT2D eigenvalue weighted by molar-refractivity contribution is -0.0138. The third kappa shape index (κ3) is 3.39. The van der Waals surface area contributed by atoms with E-state index in [0.29, 0.717) is 13.2 Å². The maximum Gasteiger partial charge on any atom is 0.225 e. The molecule has 0 bridgehead atoms. The topological polar surface area (TPSA) is 60.4 Å². The average Bonchev–Trinajstić information content (AvgIpc) is 3.04. The summed E-state index contributed by atoms with van der Waals surface area (Å²) in [7, 11) is 0. The van der Waals surface area contributed by atoms with Gasteiger partial charge in [-0.1, -0.05) is 6.07 Å². The van der Waals surface area contributed by atoms with Crippen LogP contribution in [-0.2, 0) is 16.1 Å². The molecule has 2 aliphatic heterocycles. The van der Waals surface area contributed by atoms with Crippen LogP contribution in [0.25, 0.3) is 0 Å². The van der Waals surface area contributed by atoms with Crippen LogP contribution in [-0.4, -0.2) is 46.4 Å². The van der Waals surface area contributed by atoms with Crippen LogP contribution in [0.1, 0.15) is 24.8 Å². The molecule has 0 unspecified atom stereocenters. The van der Waals surface area contributed by atoms with Gasteiger partial charge in [-0.25, -0.2) is 9.97 Å². The second kappa shape index (κ2) is 6.83. The molecule has 4 heterocycles. The molecule has 24 heavy (non-hydrogen) atoms. The molecule has 0 radical (unpaired) electrons. The van der Waals surface area contributed by atoms with E-state index in [1.54, 1.807) is 18.6 Å². The van der Waals surface area contributed by atoms with Gasteiger partial charge in [0.15, 0.2) is 0 Å². The van der Waals surface area contributed by atoms with Crippen LogP contribution in [0, 0.1) is 0 Å². The van der Waals surface area contributed by atoms with E-state index in [2.05, 4.69) is 19.9 Å². The number of nitrogens with zero attached hydrogens (tertiary/aromatic N) is 4. The lowest BCUT2D eigenvalue weighted by Crippen LogP contribution is -2.48. The molecule has 2 fully saturated rings. The molecule has 2 saturated heterocycles. The lowest BCUT2D eigenvalue weighted by atomic mass is 9.89. The summed E-state index contributed by atoms with van der Waals surface area (Å²) in [6.07, 6.45) is 10.4. The van der Waals surface area contributed by atoms with Crippen LogP contribution >= 0.6 is 0 Å². The smallest absolute Gasteiger partial charge is 0.225 e. The second-order valence-electron chi connectivity index (χ2n) is 6.57. The molecule has 0 amide bonds. The molecule has 0 aliphatic carbocycles. The molecular formula is C18H22N4O2. The molecule has 1 spiro atoms. The minimum Gasteiger partial charge on any atom is -0.371 e. The summed E-state index contributed by atoms with van der Waals surface area (Å²) in [5.74, 6) is 0.792. The van der Waals surface area contributed by atoms with Crippen molar-refractivity contribution in [3.8, 4) is 0 Å². The number of aromatic nitrogens is 3. The summed E-state index contributed by atoms with van der Waals surface area (Å²) >= 11 is 0. The third-order valence-corrected chi connectivity index (χ3v) is 4.76. The van der Waals surface area contributed by atoms with E-state index in [1.165, 1.54) is 0 Å². The minimum atomic E-state index is -0.128. The first-order valence-corrected chi connectivity index (χ1v) is 8.49. The molecule has 0 saturated carbocycles. The van der Waals surface area contributed by atoms with Crippen molar-refractivity contribution in [2.45, 2.75) is 37.6 Å². The van der Waals surface area contributed by atoms with E-state index in [9.17, 15) is 0 Å². The van der Waals surface area contributed by atoms with Gasteiger partial charge in [0.1, 0.15) is 0 Å². The Hall–Kier alpha value is -2.05. The normalized spacial score (nSPS) is 26.8. The fraction of sp³-hybridized carbons (Fsp3) is 0.500. The van der Waals surface area contributed by atoms with E-state index in [-0.39, 0.29) is 11.7 Å². The van der Waals surface area contributed by atoms with Crippen molar-refractivity contribution in [1.82, 2.24) is 15.0 Å². The number of pyridine rings is 1. The molecule has 2 aromatic rings. The largest absolute Gasteiger partial charge is 0.371 e. The van der Waals surface area contributed by atoms with Crippen LogP contribution in [0.5, 0.6) is 0 Å².